The lowest BCUT2D eigenvalue weighted by atomic mass is 9.88. The summed E-state index contributed by atoms with van der Waals surface area (Å²) < 4.78 is 14.1. The van der Waals surface area contributed by atoms with Crippen molar-refractivity contribution in [2.24, 2.45) is 22.9 Å². The van der Waals surface area contributed by atoms with Gasteiger partial charge in [-0.2, -0.15) is 0 Å². The molecule has 2 saturated heterocycles. The van der Waals surface area contributed by atoms with Gasteiger partial charge in [-0.3, -0.25) is 14.7 Å². The van der Waals surface area contributed by atoms with Gasteiger partial charge in [-0.15, -0.1) is 0 Å². The molecular weight excluding hydrogens is 507 g/mol. The van der Waals surface area contributed by atoms with Gasteiger partial charge in [0, 0.05) is 43.9 Å². The van der Waals surface area contributed by atoms with Crippen molar-refractivity contribution in [1.29, 1.82) is 0 Å². The third-order valence-electron chi connectivity index (χ3n) is 6.99. The summed E-state index contributed by atoms with van der Waals surface area (Å²) in [6, 6.07) is 6.68. The van der Waals surface area contributed by atoms with Crippen molar-refractivity contribution in [1.82, 2.24) is 19.8 Å². The molecule has 3 N–H and O–H groups in total. The summed E-state index contributed by atoms with van der Waals surface area (Å²) in [6.07, 6.45) is 8.77. The van der Waals surface area contributed by atoms with Gasteiger partial charge < -0.3 is 15.8 Å². The van der Waals surface area contributed by atoms with Gasteiger partial charge in [0.15, 0.2) is 5.82 Å². The van der Waals surface area contributed by atoms with Crippen molar-refractivity contribution in [3.05, 3.63) is 53.7 Å². The normalized spacial score (nSPS) is 17.1. The van der Waals surface area contributed by atoms with E-state index < -0.39 is 5.82 Å². The van der Waals surface area contributed by atoms with Crippen LogP contribution in [0.15, 0.2) is 41.8 Å². The van der Waals surface area contributed by atoms with Crippen LogP contribution in [0.4, 0.5) is 10.2 Å². The number of pyridine rings is 2. The number of nitrogen functional groups attached to an aromatic ring is 1. The molecule has 0 saturated carbocycles. The average molecular weight is 557 g/mol. The lowest BCUT2D eigenvalue weighted by Crippen LogP contribution is -2.46. The second-order valence-electron chi connectivity index (χ2n) is 11.3. The Labute approximate surface area is 239 Å². The van der Waals surface area contributed by atoms with E-state index in [9.17, 15) is 14.4 Å². The first-order chi connectivity index (χ1) is 19.2. The van der Waals surface area contributed by atoms with Crippen LogP contribution in [0.5, 0.6) is 0 Å². The van der Waals surface area contributed by atoms with E-state index in [4.69, 9.17) is 5.73 Å². The molecule has 2 aromatic heterocycles. The smallest absolute Gasteiger partial charge is 0.225 e. The number of piperidine rings is 2. The third kappa shape index (κ3) is 10.8. The van der Waals surface area contributed by atoms with Crippen LogP contribution in [0, 0.1) is 23.6 Å². The zero-order valence-electron chi connectivity index (χ0n) is 25.0. The van der Waals surface area contributed by atoms with Crippen molar-refractivity contribution in [3.63, 3.8) is 0 Å². The summed E-state index contributed by atoms with van der Waals surface area (Å²) in [5.41, 5.74) is 7.25. The number of unbranched alkanes of at least 4 members (excludes halogenated alkanes) is 1. The number of aromatic nitrogens is 2. The summed E-state index contributed by atoms with van der Waals surface area (Å²) in [6.45, 7) is 14.6. The number of hydrogen-bond acceptors (Lipinski definition) is 7. The molecule has 2 aromatic rings. The van der Waals surface area contributed by atoms with Gasteiger partial charge in [0.2, 0.25) is 5.91 Å². The lowest BCUT2D eigenvalue weighted by molar-refractivity contribution is -0.138. The molecule has 222 valence electrons. The number of nitrogens with two attached hydrogens (primary N) is 1. The van der Waals surface area contributed by atoms with E-state index in [1.165, 1.54) is 31.2 Å². The van der Waals surface area contributed by atoms with Crippen LogP contribution in [0.3, 0.4) is 0 Å². The number of carbonyl (C=O) groups excluding carboxylic acids is 1. The third-order valence-corrected chi connectivity index (χ3v) is 6.99. The minimum Gasteiger partial charge on any atom is -0.411 e. The molecule has 2 fully saturated rings. The van der Waals surface area contributed by atoms with E-state index in [1.54, 1.807) is 6.20 Å². The quantitative estimate of drug-likeness (QED) is 0.257. The molecule has 4 heterocycles. The Bertz CT molecular complexity index is 1040. The van der Waals surface area contributed by atoms with Gasteiger partial charge in [0.25, 0.3) is 0 Å². The van der Waals surface area contributed by atoms with Crippen LogP contribution in [0.25, 0.3) is 0 Å². The van der Waals surface area contributed by atoms with Gasteiger partial charge in [-0.25, -0.2) is 9.37 Å². The number of rotatable bonds is 6. The van der Waals surface area contributed by atoms with Gasteiger partial charge >= 0.3 is 0 Å². The molecule has 0 aliphatic carbocycles. The topological polar surface area (TPSA) is 108 Å². The van der Waals surface area contributed by atoms with Crippen LogP contribution in [0.1, 0.15) is 84.4 Å². The van der Waals surface area contributed by atoms with E-state index in [2.05, 4.69) is 54.6 Å². The monoisotopic (exact) mass is 556 g/mol. The molecule has 0 aromatic carbocycles. The molecule has 40 heavy (non-hydrogen) atoms. The van der Waals surface area contributed by atoms with Gasteiger partial charge in [-0.1, -0.05) is 52.6 Å². The van der Waals surface area contributed by atoms with Crippen LogP contribution >= 0.6 is 0 Å². The fourth-order valence-electron chi connectivity index (χ4n) is 4.72. The summed E-state index contributed by atoms with van der Waals surface area (Å²) in [4.78, 5) is 25.4. The zero-order chi connectivity index (χ0) is 29.5. The molecular formula is C31H49FN6O2. The molecule has 0 bridgehead atoms. The Kier molecular flexibility index (Phi) is 14.6. The van der Waals surface area contributed by atoms with Crippen molar-refractivity contribution >= 4 is 17.4 Å². The van der Waals surface area contributed by atoms with E-state index in [1.807, 2.05) is 17.0 Å². The zero-order valence-corrected chi connectivity index (χ0v) is 25.0. The number of carbonyl (C=O) groups is 1. The number of nitrogens with zero attached hydrogens (tertiary/aromatic N) is 5. The summed E-state index contributed by atoms with van der Waals surface area (Å²) >= 11 is 0. The van der Waals surface area contributed by atoms with Crippen LogP contribution in [-0.2, 0) is 11.3 Å². The number of anilines is 1. The van der Waals surface area contributed by atoms with E-state index in [0.717, 1.165) is 44.0 Å². The predicted molar refractivity (Wildman–Crippen MR) is 160 cm³/mol. The molecule has 9 heteroatoms. The first-order valence-corrected chi connectivity index (χ1v) is 14.7. The molecule has 1 amide bonds. The SMILES string of the molecule is CC(C)C.CCCC.Nc1cc(CN2CCC(C(=O)N3CCC(C(=NO)c4ncccc4F)CC3)CC2)ccn1. The number of amides is 1. The number of halogens is 1. The highest BCUT2D eigenvalue weighted by Gasteiger charge is 2.33. The van der Waals surface area contributed by atoms with Crippen LogP contribution in [0.2, 0.25) is 0 Å². The maximum Gasteiger partial charge on any atom is 0.225 e. The number of likely N-dealkylation sites (tertiary alicyclic amines) is 2. The van der Waals surface area contributed by atoms with Crippen LogP contribution < -0.4 is 5.73 Å². The fourth-order valence-corrected chi connectivity index (χ4v) is 4.72. The van der Waals surface area contributed by atoms with E-state index in [0.29, 0.717) is 31.7 Å². The minimum atomic E-state index is -0.500. The number of oxime groups is 1. The highest BCUT2D eigenvalue weighted by atomic mass is 19.1. The highest BCUT2D eigenvalue weighted by molar-refractivity contribution is 6.00. The minimum absolute atomic E-state index is 0.0320. The van der Waals surface area contributed by atoms with Gasteiger partial charge in [0.05, 0.1) is 0 Å². The first kappa shape index (κ1) is 33.1. The van der Waals surface area contributed by atoms with Crippen molar-refractivity contribution < 1.29 is 14.4 Å². The summed E-state index contributed by atoms with van der Waals surface area (Å²) in [7, 11) is 0. The molecule has 8 nitrogen and oxygen atoms in total. The standard InChI is InChI=1S/C23H29FN6O2.2C4H10/c24-19-2-1-8-27-22(19)21(28-32)17-6-12-30(13-7-17)23(31)18-4-10-29(11-5-18)15-16-3-9-26-20(25)14-16;1-4(2)3;1-3-4-2/h1-3,8-9,14,17-18,32H,4-7,10-13,15H2,(H2,25,26);4H,1-3H3;3-4H2,1-2H3. The molecule has 4 rings (SSSR count). The Morgan fingerprint density at radius 1 is 1.02 bits per heavy atom. The average Bonchev–Trinajstić information content (AvgIpc) is 2.95. The summed E-state index contributed by atoms with van der Waals surface area (Å²) in [5.74, 6) is 0.964. The molecule has 2 aliphatic rings. The van der Waals surface area contributed by atoms with Gasteiger partial charge in [-0.05, 0) is 74.5 Å². The Hall–Kier alpha value is -3.07. The Balaban J connectivity index is 0.000000621. The largest absolute Gasteiger partial charge is 0.411 e. The Morgan fingerprint density at radius 3 is 2.15 bits per heavy atom. The van der Waals surface area contributed by atoms with E-state index >= 15 is 0 Å². The molecule has 0 atom stereocenters. The first-order valence-electron chi connectivity index (χ1n) is 14.7. The maximum absolute atomic E-state index is 14.1. The second kappa shape index (κ2) is 17.6. The predicted octanol–water partition coefficient (Wildman–Crippen LogP) is 6.00. The van der Waals surface area contributed by atoms with Crippen molar-refractivity contribution in [2.75, 3.05) is 31.9 Å². The summed E-state index contributed by atoms with van der Waals surface area (Å²) in [5, 5.41) is 12.8. The molecule has 0 spiro atoms. The van der Waals surface area contributed by atoms with Crippen molar-refractivity contribution in [2.45, 2.75) is 79.7 Å². The Morgan fingerprint density at radius 2 is 1.62 bits per heavy atom. The lowest BCUT2D eigenvalue weighted by Gasteiger charge is -2.37. The maximum atomic E-state index is 14.1. The number of hydrogen-bond donors (Lipinski definition) is 2. The molecule has 0 unspecified atom stereocenters. The van der Waals surface area contributed by atoms with Crippen molar-refractivity contribution in [3.8, 4) is 0 Å². The molecule has 0 radical (unpaired) electrons. The molecule has 2 aliphatic heterocycles. The second-order valence-corrected chi connectivity index (χ2v) is 11.3. The van der Waals surface area contributed by atoms with Crippen LogP contribution in [-0.4, -0.2) is 62.8 Å². The fraction of sp³-hybridized carbons (Fsp3) is 0.613. The highest BCUT2D eigenvalue weighted by Crippen LogP contribution is 2.27. The van der Waals surface area contributed by atoms with E-state index in [-0.39, 0.29) is 29.1 Å². The van der Waals surface area contributed by atoms with Gasteiger partial charge in [0.1, 0.15) is 17.2 Å².